The average Bonchev–Trinajstić information content (AvgIpc) is 3.45. The minimum absolute atomic E-state index is 0.0237. The number of hydrogen-bond donors (Lipinski definition) is 2. The van der Waals surface area contributed by atoms with Crippen LogP contribution in [0.15, 0.2) is 30.3 Å². The van der Waals surface area contributed by atoms with Gasteiger partial charge in [0.2, 0.25) is 0 Å². The van der Waals surface area contributed by atoms with Crippen molar-refractivity contribution in [2.24, 2.45) is 0 Å². The molecule has 1 heterocycles. The van der Waals surface area contributed by atoms with Gasteiger partial charge in [-0.05, 0) is 26.2 Å². The Morgan fingerprint density at radius 1 is 1.20 bits per heavy atom. The van der Waals surface area contributed by atoms with Gasteiger partial charge in [0.1, 0.15) is 11.8 Å². The zero-order chi connectivity index (χ0) is 21.3. The molecule has 0 bridgehead atoms. The Morgan fingerprint density at radius 2 is 1.93 bits per heavy atom. The van der Waals surface area contributed by atoms with E-state index in [9.17, 15) is 9.59 Å². The van der Waals surface area contributed by atoms with E-state index in [2.05, 4.69) is 20.7 Å². The van der Waals surface area contributed by atoms with Gasteiger partial charge in [0.05, 0.1) is 6.10 Å². The maximum atomic E-state index is 12.8. The lowest BCUT2D eigenvalue weighted by atomic mass is 10.1. The average molecular weight is 414 g/mol. The van der Waals surface area contributed by atoms with Crippen LogP contribution in [-0.2, 0) is 9.53 Å². The van der Waals surface area contributed by atoms with Crippen molar-refractivity contribution in [2.45, 2.75) is 58.2 Å². The molecule has 1 saturated carbocycles. The second-order valence-corrected chi connectivity index (χ2v) is 7.65. The van der Waals surface area contributed by atoms with Crippen molar-refractivity contribution in [1.29, 1.82) is 0 Å². The van der Waals surface area contributed by atoms with Crippen LogP contribution >= 0.6 is 0 Å². The number of hydrogen-bond acceptors (Lipinski definition) is 5. The number of carbonyl (C=O) groups excluding carboxylic acids is 2. The summed E-state index contributed by atoms with van der Waals surface area (Å²) in [6.45, 7) is 5.25. The highest BCUT2D eigenvalue weighted by atomic mass is 16.5. The molecule has 0 saturated heterocycles. The van der Waals surface area contributed by atoms with Crippen LogP contribution in [0.3, 0.4) is 0 Å². The Morgan fingerprint density at radius 3 is 2.63 bits per heavy atom. The molecule has 8 nitrogen and oxygen atoms in total. The van der Waals surface area contributed by atoms with Gasteiger partial charge in [-0.15, -0.1) is 0 Å². The summed E-state index contributed by atoms with van der Waals surface area (Å²) in [5.74, 6) is -0.342. The third kappa shape index (κ3) is 5.66. The monoisotopic (exact) mass is 413 g/mol. The van der Waals surface area contributed by atoms with Gasteiger partial charge in [-0.3, -0.25) is 9.59 Å². The van der Waals surface area contributed by atoms with Gasteiger partial charge in [0.15, 0.2) is 5.69 Å². The summed E-state index contributed by atoms with van der Waals surface area (Å²) >= 11 is 0. The fourth-order valence-electron chi connectivity index (χ4n) is 3.81. The molecule has 2 aromatic rings. The normalized spacial score (nSPS) is 15.1. The molecule has 1 atom stereocenters. The molecule has 1 aliphatic carbocycles. The predicted octanol–water partition coefficient (Wildman–Crippen LogP) is 2.79. The smallest absolute Gasteiger partial charge is 0.274 e. The highest BCUT2D eigenvalue weighted by Gasteiger charge is 2.26. The van der Waals surface area contributed by atoms with Crippen molar-refractivity contribution in [1.82, 2.24) is 25.6 Å². The molecule has 0 aliphatic heterocycles. The Kier molecular flexibility index (Phi) is 7.96. The van der Waals surface area contributed by atoms with E-state index in [0.717, 1.165) is 24.8 Å². The summed E-state index contributed by atoms with van der Waals surface area (Å²) in [5, 5.41) is 13.5. The minimum Gasteiger partial charge on any atom is -0.365 e. The van der Waals surface area contributed by atoms with Crippen molar-refractivity contribution in [3.63, 3.8) is 0 Å². The van der Waals surface area contributed by atoms with Crippen LogP contribution in [0.25, 0.3) is 11.3 Å². The lowest BCUT2D eigenvalue weighted by Gasteiger charge is -2.27. The number of benzene rings is 1. The van der Waals surface area contributed by atoms with Gasteiger partial charge in [-0.25, -0.2) is 0 Å². The number of amides is 2. The molecule has 1 aliphatic rings. The Labute approximate surface area is 177 Å². The van der Waals surface area contributed by atoms with Crippen LogP contribution in [0.5, 0.6) is 0 Å². The van der Waals surface area contributed by atoms with Crippen LogP contribution in [-0.4, -0.2) is 64.0 Å². The quantitative estimate of drug-likeness (QED) is 0.624. The first kappa shape index (κ1) is 22.0. The van der Waals surface area contributed by atoms with Gasteiger partial charge in [-0.1, -0.05) is 50.1 Å². The van der Waals surface area contributed by atoms with Crippen molar-refractivity contribution in [2.75, 3.05) is 19.6 Å². The fraction of sp³-hybridized carbons (Fsp3) is 0.545. The van der Waals surface area contributed by atoms with Crippen LogP contribution < -0.4 is 5.32 Å². The highest BCUT2D eigenvalue weighted by Crippen LogP contribution is 2.22. The summed E-state index contributed by atoms with van der Waals surface area (Å²) in [5.41, 5.74) is 1.57. The molecule has 2 amide bonds. The minimum atomic E-state index is -0.462. The van der Waals surface area contributed by atoms with Crippen molar-refractivity contribution >= 4 is 11.8 Å². The first-order valence-electron chi connectivity index (χ1n) is 10.8. The fourth-order valence-corrected chi connectivity index (χ4v) is 3.81. The number of nitrogens with one attached hydrogen (secondary N) is 2. The summed E-state index contributed by atoms with van der Waals surface area (Å²) < 4.78 is 5.95. The SMILES string of the molecule is CCCN(CCNC(=O)c1n[nH]nc1-c1ccccc1)C(=O)C(C)OC1CCCC1. The number of ether oxygens (including phenoxy) is 1. The highest BCUT2D eigenvalue weighted by molar-refractivity contribution is 5.97. The molecule has 1 fully saturated rings. The van der Waals surface area contributed by atoms with E-state index in [1.54, 1.807) is 4.90 Å². The number of nitrogens with zero attached hydrogens (tertiary/aromatic N) is 3. The van der Waals surface area contributed by atoms with Crippen LogP contribution in [0.4, 0.5) is 0 Å². The predicted molar refractivity (Wildman–Crippen MR) is 114 cm³/mol. The number of rotatable bonds is 10. The van der Waals surface area contributed by atoms with Gasteiger partial charge >= 0.3 is 0 Å². The maximum absolute atomic E-state index is 12.8. The number of H-pyrrole nitrogens is 1. The van der Waals surface area contributed by atoms with Crippen LogP contribution in [0, 0.1) is 0 Å². The molecule has 30 heavy (non-hydrogen) atoms. The molecule has 2 N–H and O–H groups in total. The van der Waals surface area contributed by atoms with E-state index in [4.69, 9.17) is 4.74 Å². The Bertz CT molecular complexity index is 817. The molecule has 3 rings (SSSR count). The van der Waals surface area contributed by atoms with Crippen molar-refractivity contribution in [3.8, 4) is 11.3 Å². The molecule has 162 valence electrons. The van der Waals surface area contributed by atoms with E-state index >= 15 is 0 Å². The summed E-state index contributed by atoms with van der Waals surface area (Å²) in [7, 11) is 0. The lowest BCUT2D eigenvalue weighted by molar-refractivity contribution is -0.146. The van der Waals surface area contributed by atoms with E-state index < -0.39 is 6.10 Å². The van der Waals surface area contributed by atoms with E-state index in [0.29, 0.717) is 25.3 Å². The second-order valence-electron chi connectivity index (χ2n) is 7.65. The molecule has 8 heteroatoms. The molecule has 1 aromatic heterocycles. The molecular weight excluding hydrogens is 382 g/mol. The molecular formula is C22H31N5O3. The summed E-state index contributed by atoms with van der Waals surface area (Å²) in [6.07, 6.45) is 4.97. The first-order valence-corrected chi connectivity index (χ1v) is 10.8. The first-order chi connectivity index (χ1) is 14.6. The standard InChI is InChI=1S/C22H31N5O3/c1-3-14-27(22(29)16(2)30-18-11-7-8-12-18)15-13-23-21(28)20-19(24-26-25-20)17-9-5-4-6-10-17/h4-6,9-10,16,18H,3,7-8,11-15H2,1-2H3,(H,23,28)(H,24,25,26). The largest absolute Gasteiger partial charge is 0.365 e. The van der Waals surface area contributed by atoms with Crippen molar-refractivity contribution in [3.05, 3.63) is 36.0 Å². The summed E-state index contributed by atoms with van der Waals surface area (Å²) in [6, 6.07) is 9.42. The number of aromatic amines is 1. The Hall–Kier alpha value is -2.74. The third-order valence-electron chi connectivity index (χ3n) is 5.33. The topological polar surface area (TPSA) is 100 Å². The molecule has 1 aromatic carbocycles. The summed E-state index contributed by atoms with van der Waals surface area (Å²) in [4.78, 5) is 27.2. The zero-order valence-electron chi connectivity index (χ0n) is 17.8. The van der Waals surface area contributed by atoms with E-state index in [-0.39, 0.29) is 23.6 Å². The van der Waals surface area contributed by atoms with Crippen LogP contribution in [0.1, 0.15) is 56.4 Å². The molecule has 0 radical (unpaired) electrons. The maximum Gasteiger partial charge on any atom is 0.274 e. The van der Waals surface area contributed by atoms with E-state index in [1.165, 1.54) is 12.8 Å². The van der Waals surface area contributed by atoms with Gasteiger partial charge in [0.25, 0.3) is 11.8 Å². The zero-order valence-corrected chi connectivity index (χ0v) is 17.8. The molecule has 0 spiro atoms. The van der Waals surface area contributed by atoms with Gasteiger partial charge in [-0.2, -0.15) is 15.4 Å². The van der Waals surface area contributed by atoms with Crippen molar-refractivity contribution < 1.29 is 14.3 Å². The lowest BCUT2D eigenvalue weighted by Crippen LogP contribution is -2.44. The van der Waals surface area contributed by atoms with Crippen LogP contribution in [0.2, 0.25) is 0 Å². The Balaban J connectivity index is 1.53. The van der Waals surface area contributed by atoms with Gasteiger partial charge < -0.3 is 15.0 Å². The third-order valence-corrected chi connectivity index (χ3v) is 5.33. The van der Waals surface area contributed by atoms with E-state index in [1.807, 2.05) is 44.2 Å². The van der Waals surface area contributed by atoms with Gasteiger partial charge in [0, 0.05) is 25.2 Å². The number of aromatic nitrogens is 3. The number of carbonyl (C=O) groups is 2. The molecule has 1 unspecified atom stereocenters. The second kappa shape index (κ2) is 10.9.